The summed E-state index contributed by atoms with van der Waals surface area (Å²) in [5, 5.41) is 44.6. The summed E-state index contributed by atoms with van der Waals surface area (Å²) in [4.78, 5) is 40.2. The molecule has 6 N–H and O–H groups in total. The second-order valence-electron chi connectivity index (χ2n) is 14.4. The van der Waals surface area contributed by atoms with Gasteiger partial charge in [-0.1, -0.05) is 27.7 Å². The van der Waals surface area contributed by atoms with Gasteiger partial charge in [0, 0.05) is 30.5 Å². The maximum Gasteiger partial charge on any atom is 0.417 e. The van der Waals surface area contributed by atoms with Crippen LogP contribution in [0.1, 0.15) is 82.1 Å². The molecule has 9 nitrogen and oxygen atoms in total. The Morgan fingerprint density at radius 2 is 1.76 bits per heavy atom. The molecule has 3 fully saturated rings. The van der Waals surface area contributed by atoms with Gasteiger partial charge in [0.1, 0.15) is 22.8 Å². The summed E-state index contributed by atoms with van der Waals surface area (Å²) < 4.78 is 45.0. The monoisotopic (exact) mass is 632 g/mol. The second-order valence-corrected chi connectivity index (χ2v) is 14.4. The van der Waals surface area contributed by atoms with Gasteiger partial charge in [-0.15, -0.1) is 0 Å². The van der Waals surface area contributed by atoms with Crippen LogP contribution in [-0.4, -0.2) is 61.0 Å². The number of primary amides is 1. The third-order valence-electron chi connectivity index (χ3n) is 12.4. The van der Waals surface area contributed by atoms with E-state index < -0.39 is 93.5 Å². The Kier molecular flexibility index (Phi) is 6.89. The molecule has 12 heteroatoms. The zero-order valence-corrected chi connectivity index (χ0v) is 25.7. The molecule has 5 aliphatic rings. The van der Waals surface area contributed by atoms with Gasteiger partial charge in [0.2, 0.25) is 5.78 Å². The number of aliphatic hydroxyl groups excluding tert-OH is 2. The van der Waals surface area contributed by atoms with Crippen LogP contribution in [0, 0.1) is 28.6 Å². The minimum atomic E-state index is -4.88. The summed E-state index contributed by atoms with van der Waals surface area (Å²) in [6.45, 7) is 8.98. The van der Waals surface area contributed by atoms with Gasteiger partial charge < -0.3 is 26.2 Å². The fourth-order valence-corrected chi connectivity index (χ4v) is 9.61. The van der Waals surface area contributed by atoms with E-state index in [0.717, 1.165) is 25.3 Å². The number of aromatic hydroxyl groups is 1. The van der Waals surface area contributed by atoms with Crippen molar-refractivity contribution in [3.05, 3.63) is 45.2 Å². The number of ketones is 2. The molecule has 1 aromatic carbocycles. The number of phenols is 1. The van der Waals surface area contributed by atoms with Gasteiger partial charge in [-0.2, -0.15) is 13.2 Å². The highest BCUT2D eigenvalue weighted by Crippen LogP contribution is 2.67. The van der Waals surface area contributed by atoms with Crippen molar-refractivity contribution in [3.63, 3.8) is 0 Å². The minimum absolute atomic E-state index is 0.0285. The van der Waals surface area contributed by atoms with Crippen molar-refractivity contribution in [1.29, 1.82) is 0 Å². The average Bonchev–Trinajstić information content (AvgIpc) is 3.26. The SMILES string of the molecule is CCN(Cc1cc(O)c2c(c1C(F)(F)F)CC1C[C@H]3CC(=O)C(C(N)=O)=C(O)[C@@]3(O)C(=O)C1=C2O)[C@H]1CC2CCC1(C)C2(C)C. The lowest BCUT2D eigenvalue weighted by molar-refractivity contribution is -0.147. The van der Waals surface area contributed by atoms with Crippen LogP contribution >= 0.6 is 0 Å². The van der Waals surface area contributed by atoms with E-state index in [2.05, 4.69) is 20.8 Å². The number of hydrogen-bond donors (Lipinski definition) is 5. The number of nitrogens with two attached hydrogens (primary N) is 1. The molecule has 244 valence electrons. The number of hydrogen-bond acceptors (Lipinski definition) is 8. The topological polar surface area (TPSA) is 161 Å². The molecule has 0 aliphatic heterocycles. The van der Waals surface area contributed by atoms with Crippen LogP contribution in [0.3, 0.4) is 0 Å². The fourth-order valence-electron chi connectivity index (χ4n) is 9.61. The summed E-state index contributed by atoms with van der Waals surface area (Å²) >= 11 is 0. The van der Waals surface area contributed by atoms with Crippen LogP contribution in [0.2, 0.25) is 0 Å². The molecule has 1 amide bonds. The van der Waals surface area contributed by atoms with Gasteiger partial charge in [0.05, 0.1) is 11.1 Å². The van der Waals surface area contributed by atoms with E-state index in [1.807, 2.05) is 11.8 Å². The van der Waals surface area contributed by atoms with Crippen molar-refractivity contribution in [2.75, 3.05) is 6.54 Å². The Labute approximate surface area is 258 Å². The number of carbonyl (C=O) groups excluding carboxylic acids is 3. The van der Waals surface area contributed by atoms with Crippen molar-refractivity contribution in [2.45, 2.75) is 90.6 Å². The van der Waals surface area contributed by atoms with E-state index in [9.17, 15) is 48.0 Å². The zero-order chi connectivity index (χ0) is 33.2. The van der Waals surface area contributed by atoms with Crippen LogP contribution < -0.4 is 5.73 Å². The van der Waals surface area contributed by atoms with E-state index in [0.29, 0.717) is 12.5 Å². The first kappa shape index (κ1) is 31.6. The van der Waals surface area contributed by atoms with E-state index >= 15 is 0 Å². The Morgan fingerprint density at radius 3 is 2.29 bits per heavy atom. The standard InChI is InChI=1S/C33H39F3N2O7/c1-5-38(21-12-16-6-7-31(21,4)30(16,2)3)13-15-10-19(39)23-18(25(15)33(34,35)36)9-14-8-17-11-20(40)24(29(37)44)28(43)32(17,45)27(42)22(14)26(23)41/h10,14,16-17,21,39,41,43,45H,5-9,11-13H2,1-4H3,(H2,37,44)/t14?,16?,17-,21-,31?,32-/m0/s1. The highest BCUT2D eigenvalue weighted by atomic mass is 19.4. The predicted octanol–water partition coefficient (Wildman–Crippen LogP) is 4.48. The molecule has 6 rings (SSSR count). The maximum absolute atomic E-state index is 15.0. The molecule has 0 heterocycles. The van der Waals surface area contributed by atoms with Gasteiger partial charge in [-0.3, -0.25) is 19.3 Å². The number of aliphatic hydroxyl groups is 3. The summed E-state index contributed by atoms with van der Waals surface area (Å²) in [6, 6.07) is 1.04. The van der Waals surface area contributed by atoms with Crippen molar-refractivity contribution < 1.29 is 48.0 Å². The molecule has 45 heavy (non-hydrogen) atoms. The van der Waals surface area contributed by atoms with E-state index in [-0.39, 0.29) is 41.0 Å². The van der Waals surface area contributed by atoms with Gasteiger partial charge in [0.15, 0.2) is 11.4 Å². The van der Waals surface area contributed by atoms with Gasteiger partial charge in [0.25, 0.3) is 5.91 Å². The summed E-state index contributed by atoms with van der Waals surface area (Å²) in [5.41, 5.74) is -1.11. The Morgan fingerprint density at radius 1 is 1.09 bits per heavy atom. The molecule has 5 aliphatic carbocycles. The number of nitrogens with zero attached hydrogens (tertiary/aromatic N) is 1. The largest absolute Gasteiger partial charge is 0.508 e. The third-order valence-corrected chi connectivity index (χ3v) is 12.4. The van der Waals surface area contributed by atoms with E-state index in [4.69, 9.17) is 5.73 Å². The molecular formula is C33H39F3N2O7. The van der Waals surface area contributed by atoms with Crippen molar-refractivity contribution in [1.82, 2.24) is 4.90 Å². The smallest absolute Gasteiger partial charge is 0.417 e. The number of rotatable bonds is 5. The highest BCUT2D eigenvalue weighted by molar-refractivity contribution is 6.22. The van der Waals surface area contributed by atoms with Crippen LogP contribution in [-0.2, 0) is 33.5 Å². The van der Waals surface area contributed by atoms with Crippen molar-refractivity contribution in [3.8, 4) is 5.75 Å². The zero-order valence-electron chi connectivity index (χ0n) is 25.7. The Bertz CT molecular complexity index is 1610. The Balaban J connectivity index is 1.46. The van der Waals surface area contributed by atoms with Crippen LogP contribution in [0.25, 0.3) is 5.76 Å². The second kappa shape index (κ2) is 9.81. The van der Waals surface area contributed by atoms with Crippen LogP contribution in [0.5, 0.6) is 5.75 Å². The summed E-state index contributed by atoms with van der Waals surface area (Å²) in [5.74, 6) is -8.20. The molecule has 2 bridgehead atoms. The third kappa shape index (κ3) is 4.10. The first-order chi connectivity index (χ1) is 20.8. The number of fused-ring (bicyclic) bond motifs is 5. The maximum atomic E-state index is 15.0. The number of alkyl halides is 3. The quantitative estimate of drug-likeness (QED) is 0.297. The molecule has 0 saturated heterocycles. The first-order valence-electron chi connectivity index (χ1n) is 15.5. The lowest BCUT2D eigenvalue weighted by atomic mass is 9.59. The fraction of sp³-hybridized carbons (Fsp3) is 0.606. The van der Waals surface area contributed by atoms with Gasteiger partial charge in [-0.25, -0.2) is 0 Å². The number of halogens is 3. The normalized spacial score (nSPS) is 33.9. The van der Waals surface area contributed by atoms with E-state index in [1.165, 1.54) is 0 Å². The molecule has 3 unspecified atom stereocenters. The van der Waals surface area contributed by atoms with Crippen LogP contribution in [0.4, 0.5) is 13.2 Å². The van der Waals surface area contributed by atoms with Crippen molar-refractivity contribution in [2.24, 2.45) is 34.3 Å². The van der Waals surface area contributed by atoms with E-state index in [1.54, 1.807) is 0 Å². The number of Topliss-reactive ketones (excluding diaryl/α,β-unsaturated/α-hetero) is 2. The number of benzene rings is 1. The predicted molar refractivity (Wildman–Crippen MR) is 155 cm³/mol. The lowest BCUT2D eigenvalue weighted by Gasteiger charge is -2.46. The molecular weight excluding hydrogens is 593 g/mol. The Hall–Kier alpha value is -3.38. The molecule has 3 saturated carbocycles. The first-order valence-corrected chi connectivity index (χ1v) is 15.5. The van der Waals surface area contributed by atoms with Gasteiger partial charge in [-0.05, 0) is 78.5 Å². The lowest BCUT2D eigenvalue weighted by Crippen LogP contribution is -2.58. The summed E-state index contributed by atoms with van der Waals surface area (Å²) in [7, 11) is 0. The highest BCUT2D eigenvalue weighted by Gasteiger charge is 2.63. The number of phenolic OH excluding ortho intramolecular Hbond substituents is 1. The molecule has 0 spiro atoms. The van der Waals surface area contributed by atoms with Crippen molar-refractivity contribution >= 4 is 23.2 Å². The molecule has 0 aromatic heterocycles. The summed E-state index contributed by atoms with van der Waals surface area (Å²) in [6.07, 6.45) is -3.16. The van der Waals surface area contributed by atoms with Crippen LogP contribution in [0.15, 0.2) is 23.0 Å². The number of amides is 1. The molecule has 0 radical (unpaired) electrons. The minimum Gasteiger partial charge on any atom is -0.508 e. The van der Waals surface area contributed by atoms with Gasteiger partial charge >= 0.3 is 6.18 Å². The molecule has 1 aromatic rings. The average molecular weight is 633 g/mol. The molecule has 6 atom stereocenters. The number of carbonyl (C=O) groups is 3.